The molecule has 62 valence electrons. The maximum Gasteiger partial charge on any atom is 0.328 e. The molecule has 0 aromatic rings. The van der Waals surface area contributed by atoms with Gasteiger partial charge in [-0.3, -0.25) is 0 Å². The zero-order valence-electron chi connectivity index (χ0n) is 7.00. The van der Waals surface area contributed by atoms with E-state index in [-0.39, 0.29) is 0 Å². The molecule has 0 bridgehead atoms. The molecular formula is C9H14O2. The maximum atomic E-state index is 9.73. The van der Waals surface area contributed by atoms with Gasteiger partial charge in [-0.05, 0) is 13.8 Å². The SMILES string of the molecule is C=CC=C.CC(C)=CC(=O)O. The molecule has 2 nitrogen and oxygen atoms in total. The predicted molar refractivity (Wildman–Crippen MR) is 47.5 cm³/mol. The van der Waals surface area contributed by atoms with Crippen molar-refractivity contribution < 1.29 is 9.90 Å². The number of carbonyl (C=O) groups is 1. The molecule has 0 saturated carbocycles. The van der Waals surface area contributed by atoms with Gasteiger partial charge in [0.2, 0.25) is 0 Å². The van der Waals surface area contributed by atoms with E-state index in [9.17, 15) is 4.79 Å². The molecule has 0 unspecified atom stereocenters. The molecule has 0 aromatic heterocycles. The topological polar surface area (TPSA) is 37.3 Å². The minimum atomic E-state index is -0.875. The van der Waals surface area contributed by atoms with Gasteiger partial charge in [-0.15, -0.1) is 0 Å². The smallest absolute Gasteiger partial charge is 0.328 e. The summed E-state index contributed by atoms with van der Waals surface area (Å²) < 4.78 is 0. The summed E-state index contributed by atoms with van der Waals surface area (Å²) in [6.45, 7) is 10.2. The molecule has 2 heteroatoms. The van der Waals surface area contributed by atoms with Crippen molar-refractivity contribution in [3.05, 3.63) is 37.0 Å². The average Bonchev–Trinajstić information content (AvgIpc) is 1.85. The summed E-state index contributed by atoms with van der Waals surface area (Å²) >= 11 is 0. The molecular weight excluding hydrogens is 140 g/mol. The fraction of sp³-hybridized carbons (Fsp3) is 0.222. The van der Waals surface area contributed by atoms with E-state index in [1.54, 1.807) is 26.0 Å². The van der Waals surface area contributed by atoms with Crippen molar-refractivity contribution in [2.24, 2.45) is 0 Å². The van der Waals surface area contributed by atoms with Gasteiger partial charge in [0, 0.05) is 6.08 Å². The van der Waals surface area contributed by atoms with Crippen molar-refractivity contribution in [3.8, 4) is 0 Å². The highest BCUT2D eigenvalue weighted by molar-refractivity contribution is 5.80. The second kappa shape index (κ2) is 8.69. The van der Waals surface area contributed by atoms with Crippen molar-refractivity contribution in [2.75, 3.05) is 0 Å². The molecule has 0 aliphatic carbocycles. The molecule has 0 amide bonds. The van der Waals surface area contributed by atoms with Crippen LogP contribution in [0.1, 0.15) is 13.8 Å². The van der Waals surface area contributed by atoms with Crippen molar-refractivity contribution in [1.29, 1.82) is 0 Å². The van der Waals surface area contributed by atoms with Crippen LogP contribution in [0.25, 0.3) is 0 Å². The second-order valence-electron chi connectivity index (χ2n) is 2.03. The Hall–Kier alpha value is -1.31. The molecule has 0 heterocycles. The lowest BCUT2D eigenvalue weighted by molar-refractivity contribution is -0.131. The number of carboxylic acid groups (broad SMARTS) is 1. The van der Waals surface area contributed by atoms with E-state index in [0.29, 0.717) is 0 Å². The standard InChI is InChI=1S/C5H8O2.C4H6/c1-4(2)3-5(6)7;1-3-4-2/h3H,1-2H3,(H,6,7);3-4H,1-2H2. The summed E-state index contributed by atoms with van der Waals surface area (Å²) in [5.74, 6) is -0.875. The van der Waals surface area contributed by atoms with E-state index >= 15 is 0 Å². The predicted octanol–water partition coefficient (Wildman–Crippen LogP) is 2.40. The first-order valence-electron chi connectivity index (χ1n) is 3.15. The molecule has 1 N–H and O–H groups in total. The third-order valence-corrected chi connectivity index (χ3v) is 0.579. The zero-order valence-corrected chi connectivity index (χ0v) is 7.00. The molecule has 0 spiro atoms. The molecule has 0 atom stereocenters. The van der Waals surface area contributed by atoms with E-state index in [1.807, 2.05) is 0 Å². The van der Waals surface area contributed by atoms with Gasteiger partial charge in [-0.2, -0.15) is 0 Å². The number of hydrogen-bond acceptors (Lipinski definition) is 1. The van der Waals surface area contributed by atoms with Crippen LogP contribution in [0, 0.1) is 0 Å². The van der Waals surface area contributed by atoms with Crippen LogP contribution in [0.3, 0.4) is 0 Å². The van der Waals surface area contributed by atoms with Crippen molar-refractivity contribution in [2.45, 2.75) is 13.8 Å². The number of hydrogen-bond donors (Lipinski definition) is 1. The Labute approximate surface area is 67.6 Å². The van der Waals surface area contributed by atoms with Crippen LogP contribution in [-0.2, 0) is 4.79 Å². The van der Waals surface area contributed by atoms with Gasteiger partial charge in [0.1, 0.15) is 0 Å². The minimum Gasteiger partial charge on any atom is -0.478 e. The molecule has 11 heavy (non-hydrogen) atoms. The van der Waals surface area contributed by atoms with Crippen LogP contribution in [0.5, 0.6) is 0 Å². The van der Waals surface area contributed by atoms with Crippen LogP contribution in [0.2, 0.25) is 0 Å². The molecule has 0 aliphatic rings. The largest absolute Gasteiger partial charge is 0.478 e. The Balaban J connectivity index is 0. The van der Waals surface area contributed by atoms with Gasteiger partial charge < -0.3 is 5.11 Å². The van der Waals surface area contributed by atoms with Gasteiger partial charge in [-0.25, -0.2) is 4.79 Å². The summed E-state index contributed by atoms with van der Waals surface area (Å²) in [5.41, 5.74) is 0.813. The highest BCUT2D eigenvalue weighted by Gasteiger charge is 1.83. The van der Waals surface area contributed by atoms with E-state index in [1.165, 1.54) is 6.08 Å². The maximum absolute atomic E-state index is 9.73. The fourth-order valence-corrected chi connectivity index (χ4v) is 0.247. The van der Waals surface area contributed by atoms with Gasteiger partial charge in [0.25, 0.3) is 0 Å². The lowest BCUT2D eigenvalue weighted by atomic mass is 10.3. The van der Waals surface area contributed by atoms with Crippen LogP contribution in [-0.4, -0.2) is 11.1 Å². The average molecular weight is 154 g/mol. The third kappa shape index (κ3) is 28.6. The summed E-state index contributed by atoms with van der Waals surface area (Å²) in [6.07, 6.45) is 4.44. The van der Waals surface area contributed by atoms with Gasteiger partial charge >= 0.3 is 5.97 Å². The van der Waals surface area contributed by atoms with Crippen LogP contribution in [0.4, 0.5) is 0 Å². The zero-order chi connectivity index (χ0) is 9.28. The molecule has 0 aliphatic heterocycles. The molecule has 0 rings (SSSR count). The van der Waals surface area contributed by atoms with E-state index < -0.39 is 5.97 Å². The first-order valence-corrected chi connectivity index (χ1v) is 3.15. The number of allylic oxidation sites excluding steroid dienone is 3. The van der Waals surface area contributed by atoms with E-state index in [2.05, 4.69) is 13.2 Å². The Morgan fingerprint density at radius 3 is 1.64 bits per heavy atom. The normalized spacial score (nSPS) is 6.73. The molecule has 0 saturated heterocycles. The molecule has 0 fully saturated rings. The highest BCUT2D eigenvalue weighted by Crippen LogP contribution is 1.85. The lowest BCUT2D eigenvalue weighted by Gasteiger charge is -1.79. The van der Waals surface area contributed by atoms with Crippen LogP contribution < -0.4 is 0 Å². The summed E-state index contributed by atoms with van der Waals surface area (Å²) in [5, 5.41) is 8.01. The van der Waals surface area contributed by atoms with Gasteiger partial charge in [0.05, 0.1) is 0 Å². The van der Waals surface area contributed by atoms with Crippen molar-refractivity contribution >= 4 is 5.97 Å². The first-order chi connectivity index (χ1) is 5.04. The van der Waals surface area contributed by atoms with Gasteiger partial charge in [-0.1, -0.05) is 30.9 Å². The Morgan fingerprint density at radius 2 is 1.64 bits per heavy atom. The van der Waals surface area contributed by atoms with Crippen LogP contribution >= 0.6 is 0 Å². The van der Waals surface area contributed by atoms with Crippen LogP contribution in [0.15, 0.2) is 37.0 Å². The second-order valence-corrected chi connectivity index (χ2v) is 2.03. The van der Waals surface area contributed by atoms with E-state index in [0.717, 1.165) is 5.57 Å². The summed E-state index contributed by atoms with van der Waals surface area (Å²) in [7, 11) is 0. The van der Waals surface area contributed by atoms with E-state index in [4.69, 9.17) is 5.11 Å². The Kier molecular flexibility index (Phi) is 9.78. The Morgan fingerprint density at radius 1 is 1.27 bits per heavy atom. The number of rotatable bonds is 2. The monoisotopic (exact) mass is 154 g/mol. The molecule has 0 radical (unpaired) electrons. The lowest BCUT2D eigenvalue weighted by Crippen LogP contribution is -1.86. The number of aliphatic carboxylic acids is 1. The van der Waals surface area contributed by atoms with Crippen molar-refractivity contribution in [3.63, 3.8) is 0 Å². The quantitative estimate of drug-likeness (QED) is 0.489. The first kappa shape index (κ1) is 12.4. The molecule has 0 aromatic carbocycles. The number of carboxylic acids is 1. The minimum absolute atomic E-state index is 0.813. The van der Waals surface area contributed by atoms with Gasteiger partial charge in [0.15, 0.2) is 0 Å². The summed E-state index contributed by atoms with van der Waals surface area (Å²) in [4.78, 5) is 9.73. The third-order valence-electron chi connectivity index (χ3n) is 0.579. The summed E-state index contributed by atoms with van der Waals surface area (Å²) in [6, 6.07) is 0. The Bertz CT molecular complexity index is 156. The van der Waals surface area contributed by atoms with Crippen molar-refractivity contribution in [1.82, 2.24) is 0 Å². The fourth-order valence-electron chi connectivity index (χ4n) is 0.247. The highest BCUT2D eigenvalue weighted by atomic mass is 16.4.